The normalized spacial score (nSPS) is 11.0. The molecule has 0 unspecified atom stereocenters. The summed E-state index contributed by atoms with van der Waals surface area (Å²) in [6.45, 7) is 4.17. The summed E-state index contributed by atoms with van der Waals surface area (Å²) in [5.74, 6) is 0.513. The Morgan fingerprint density at radius 1 is 1.11 bits per heavy atom. The lowest BCUT2D eigenvalue weighted by atomic mass is 10.1. The van der Waals surface area contributed by atoms with Crippen LogP contribution in [-0.4, -0.2) is 14.8 Å². The van der Waals surface area contributed by atoms with E-state index in [-0.39, 0.29) is 0 Å². The summed E-state index contributed by atoms with van der Waals surface area (Å²) in [6, 6.07) is 9.94. The van der Waals surface area contributed by atoms with Crippen LogP contribution in [0.25, 0.3) is 16.7 Å². The lowest BCUT2D eigenvalue weighted by Crippen LogP contribution is -2.01. The summed E-state index contributed by atoms with van der Waals surface area (Å²) in [4.78, 5) is 4.37. The van der Waals surface area contributed by atoms with Crippen LogP contribution in [0, 0.1) is 13.8 Å². The van der Waals surface area contributed by atoms with Gasteiger partial charge in [0.15, 0.2) is 11.5 Å². The molecule has 0 radical (unpaired) electrons. The molecule has 0 aliphatic carbocycles. The van der Waals surface area contributed by atoms with Crippen LogP contribution in [0.5, 0.6) is 0 Å². The number of nitrogens with zero attached hydrogens (tertiary/aromatic N) is 3. The van der Waals surface area contributed by atoms with Crippen molar-refractivity contribution in [2.75, 3.05) is 5.73 Å². The molecule has 0 saturated carbocycles. The number of aryl methyl sites for hydroxylation is 1. The Hall–Kier alpha value is -2.36. The molecule has 0 aliphatic heterocycles. The van der Waals surface area contributed by atoms with Gasteiger partial charge in [-0.15, -0.1) is 5.10 Å². The van der Waals surface area contributed by atoms with E-state index in [0.29, 0.717) is 5.82 Å². The largest absolute Gasteiger partial charge is 0.382 e. The van der Waals surface area contributed by atoms with Crippen molar-refractivity contribution in [3.63, 3.8) is 0 Å². The van der Waals surface area contributed by atoms with Gasteiger partial charge in [0, 0.05) is 6.20 Å². The fraction of sp³-hybridized carbons (Fsp3) is 0.143. The summed E-state index contributed by atoms with van der Waals surface area (Å²) in [5.41, 5.74) is 10.2. The molecule has 0 amide bonds. The van der Waals surface area contributed by atoms with Crippen molar-refractivity contribution in [3.05, 3.63) is 47.7 Å². The Kier molecular flexibility index (Phi) is 2.30. The highest BCUT2D eigenvalue weighted by molar-refractivity contribution is 5.87. The second kappa shape index (κ2) is 3.84. The Morgan fingerprint density at radius 3 is 2.78 bits per heavy atom. The zero-order valence-electron chi connectivity index (χ0n) is 10.4. The van der Waals surface area contributed by atoms with E-state index in [4.69, 9.17) is 5.73 Å². The van der Waals surface area contributed by atoms with Crippen LogP contribution < -0.4 is 5.73 Å². The van der Waals surface area contributed by atoms with Gasteiger partial charge >= 0.3 is 0 Å². The summed E-state index contributed by atoms with van der Waals surface area (Å²) < 4.78 is 1.81. The second-order valence-corrected chi connectivity index (χ2v) is 4.39. The SMILES string of the molecule is Cc1cccc(-n2nc(N)c3cccnc32)c1C. The number of fused-ring (bicyclic) bond motifs is 1. The Labute approximate surface area is 105 Å². The highest BCUT2D eigenvalue weighted by Crippen LogP contribution is 2.24. The van der Waals surface area contributed by atoms with Gasteiger partial charge in [-0.3, -0.25) is 0 Å². The van der Waals surface area contributed by atoms with Gasteiger partial charge in [0.25, 0.3) is 0 Å². The smallest absolute Gasteiger partial charge is 0.165 e. The van der Waals surface area contributed by atoms with Crippen molar-refractivity contribution in [1.29, 1.82) is 0 Å². The van der Waals surface area contributed by atoms with Gasteiger partial charge in [-0.1, -0.05) is 12.1 Å². The second-order valence-electron chi connectivity index (χ2n) is 4.39. The molecule has 0 spiro atoms. The van der Waals surface area contributed by atoms with Crippen LogP contribution in [0.2, 0.25) is 0 Å². The molecule has 3 aromatic rings. The van der Waals surface area contributed by atoms with Gasteiger partial charge in [0.1, 0.15) is 0 Å². The third-order valence-corrected chi connectivity index (χ3v) is 3.28. The Morgan fingerprint density at radius 2 is 1.94 bits per heavy atom. The topological polar surface area (TPSA) is 56.7 Å². The first-order chi connectivity index (χ1) is 8.68. The number of benzene rings is 1. The maximum atomic E-state index is 5.93. The van der Waals surface area contributed by atoms with Gasteiger partial charge < -0.3 is 5.73 Å². The average molecular weight is 238 g/mol. The summed E-state index contributed by atoms with van der Waals surface area (Å²) in [6.07, 6.45) is 1.76. The maximum absolute atomic E-state index is 5.93. The highest BCUT2D eigenvalue weighted by Gasteiger charge is 2.12. The van der Waals surface area contributed by atoms with E-state index >= 15 is 0 Å². The van der Waals surface area contributed by atoms with Gasteiger partial charge in [0.2, 0.25) is 0 Å². The third-order valence-electron chi connectivity index (χ3n) is 3.28. The fourth-order valence-corrected chi connectivity index (χ4v) is 2.11. The molecule has 4 heteroatoms. The van der Waals surface area contributed by atoms with E-state index < -0.39 is 0 Å². The van der Waals surface area contributed by atoms with Crippen LogP contribution in [0.3, 0.4) is 0 Å². The van der Waals surface area contributed by atoms with Crippen molar-refractivity contribution in [3.8, 4) is 5.69 Å². The van der Waals surface area contributed by atoms with E-state index in [1.807, 2.05) is 28.9 Å². The van der Waals surface area contributed by atoms with Crippen molar-refractivity contribution >= 4 is 16.9 Å². The van der Waals surface area contributed by atoms with E-state index in [1.165, 1.54) is 11.1 Å². The number of hydrogen-bond donors (Lipinski definition) is 1. The molecule has 2 N–H and O–H groups in total. The number of aromatic nitrogens is 3. The Bertz CT molecular complexity index is 728. The number of nitrogens with two attached hydrogens (primary N) is 1. The first-order valence-corrected chi connectivity index (χ1v) is 5.84. The van der Waals surface area contributed by atoms with Crippen molar-refractivity contribution in [2.45, 2.75) is 13.8 Å². The van der Waals surface area contributed by atoms with Crippen molar-refractivity contribution < 1.29 is 0 Å². The molecule has 0 atom stereocenters. The number of pyridine rings is 1. The van der Waals surface area contributed by atoms with Crippen LogP contribution >= 0.6 is 0 Å². The molecule has 1 aromatic carbocycles. The standard InChI is InChI=1S/C14H14N4/c1-9-5-3-7-12(10(9)2)18-14-11(13(15)17-18)6-4-8-16-14/h3-8H,1-2H3,(H2,15,17). The Balaban J connectivity index is 2.36. The zero-order valence-corrected chi connectivity index (χ0v) is 10.4. The highest BCUT2D eigenvalue weighted by atomic mass is 15.3. The molecule has 3 rings (SSSR count). The molecule has 2 heterocycles. The lowest BCUT2D eigenvalue weighted by Gasteiger charge is -2.08. The third kappa shape index (κ3) is 1.46. The first kappa shape index (κ1) is 10.8. The average Bonchev–Trinajstić information content (AvgIpc) is 2.71. The predicted octanol–water partition coefficient (Wildman–Crippen LogP) is 2.62. The van der Waals surface area contributed by atoms with Crippen LogP contribution in [-0.2, 0) is 0 Å². The van der Waals surface area contributed by atoms with Crippen LogP contribution in [0.15, 0.2) is 36.5 Å². The minimum Gasteiger partial charge on any atom is -0.382 e. The zero-order chi connectivity index (χ0) is 12.7. The van der Waals surface area contributed by atoms with E-state index in [1.54, 1.807) is 6.20 Å². The van der Waals surface area contributed by atoms with E-state index in [0.717, 1.165) is 16.7 Å². The van der Waals surface area contributed by atoms with Crippen molar-refractivity contribution in [1.82, 2.24) is 14.8 Å². The maximum Gasteiger partial charge on any atom is 0.165 e. The first-order valence-electron chi connectivity index (χ1n) is 5.84. The van der Waals surface area contributed by atoms with Gasteiger partial charge in [-0.2, -0.15) is 0 Å². The molecule has 18 heavy (non-hydrogen) atoms. The van der Waals surface area contributed by atoms with E-state index in [2.05, 4.69) is 30.0 Å². The summed E-state index contributed by atoms with van der Waals surface area (Å²) in [7, 11) is 0. The molecule has 90 valence electrons. The molecule has 0 bridgehead atoms. The number of anilines is 1. The van der Waals surface area contributed by atoms with E-state index in [9.17, 15) is 0 Å². The molecule has 0 aliphatic rings. The fourth-order valence-electron chi connectivity index (χ4n) is 2.11. The van der Waals surface area contributed by atoms with Crippen LogP contribution in [0.1, 0.15) is 11.1 Å². The minimum absolute atomic E-state index is 0.513. The minimum atomic E-state index is 0.513. The number of nitrogen functional groups attached to an aromatic ring is 1. The summed E-state index contributed by atoms with van der Waals surface area (Å²) >= 11 is 0. The molecule has 0 saturated heterocycles. The van der Waals surface area contributed by atoms with Gasteiger partial charge in [-0.05, 0) is 43.2 Å². The molecule has 0 fully saturated rings. The predicted molar refractivity (Wildman–Crippen MR) is 72.8 cm³/mol. The van der Waals surface area contributed by atoms with Gasteiger partial charge in [-0.25, -0.2) is 9.67 Å². The quantitative estimate of drug-likeness (QED) is 0.709. The lowest BCUT2D eigenvalue weighted by molar-refractivity contribution is 0.892. The summed E-state index contributed by atoms with van der Waals surface area (Å²) in [5, 5.41) is 5.28. The van der Waals surface area contributed by atoms with Gasteiger partial charge in [0.05, 0.1) is 11.1 Å². The number of hydrogen-bond acceptors (Lipinski definition) is 3. The molecule has 4 nitrogen and oxygen atoms in total. The monoisotopic (exact) mass is 238 g/mol. The molecular formula is C14H14N4. The van der Waals surface area contributed by atoms with Crippen LogP contribution in [0.4, 0.5) is 5.82 Å². The van der Waals surface area contributed by atoms with Crippen molar-refractivity contribution in [2.24, 2.45) is 0 Å². The molecule has 2 aromatic heterocycles. The molecular weight excluding hydrogens is 224 g/mol. The number of rotatable bonds is 1.